The van der Waals surface area contributed by atoms with Crippen LogP contribution in [0.1, 0.15) is 15.9 Å². The van der Waals surface area contributed by atoms with Crippen molar-refractivity contribution in [1.82, 2.24) is 0 Å². The molecule has 2 aromatic carbocycles. The van der Waals surface area contributed by atoms with Crippen LogP contribution >= 0.6 is 11.6 Å². The molecule has 0 aromatic heterocycles. The van der Waals surface area contributed by atoms with Crippen LogP contribution in [0.4, 0.5) is 5.69 Å². The number of carbonyl (C=O) groups is 2. The molecule has 0 bridgehead atoms. The van der Waals surface area contributed by atoms with Crippen LogP contribution < -0.4 is 10.1 Å². The SMILES string of the molecule is Cc1cc(NC(=O)COc2ccc(Cl)cc2)cc(C(=O)O)c1O. The number of ether oxygens (including phenoxy) is 1. The third-order valence-electron chi connectivity index (χ3n) is 3.00. The second-order valence-corrected chi connectivity index (χ2v) is 5.22. The molecule has 0 aliphatic carbocycles. The van der Waals surface area contributed by atoms with E-state index in [1.165, 1.54) is 12.1 Å². The fourth-order valence-corrected chi connectivity index (χ4v) is 2.02. The monoisotopic (exact) mass is 335 g/mol. The molecular weight excluding hydrogens is 322 g/mol. The smallest absolute Gasteiger partial charge is 0.339 e. The van der Waals surface area contributed by atoms with E-state index in [4.69, 9.17) is 21.4 Å². The zero-order valence-electron chi connectivity index (χ0n) is 12.2. The second kappa shape index (κ2) is 7.02. The maximum atomic E-state index is 11.9. The average Bonchev–Trinajstić information content (AvgIpc) is 2.50. The predicted octanol–water partition coefficient (Wildman–Crippen LogP) is 3.07. The van der Waals surface area contributed by atoms with Crippen molar-refractivity contribution in [2.24, 2.45) is 0 Å². The lowest BCUT2D eigenvalue weighted by Gasteiger charge is -2.10. The van der Waals surface area contributed by atoms with E-state index in [0.717, 1.165) is 0 Å². The number of carbonyl (C=O) groups excluding carboxylic acids is 1. The number of carboxylic acids is 1. The summed E-state index contributed by atoms with van der Waals surface area (Å²) in [5.41, 5.74) is 0.333. The van der Waals surface area contributed by atoms with Gasteiger partial charge in [0.15, 0.2) is 6.61 Å². The molecule has 6 nitrogen and oxygen atoms in total. The van der Waals surface area contributed by atoms with E-state index < -0.39 is 11.9 Å². The van der Waals surface area contributed by atoms with Gasteiger partial charge in [-0.2, -0.15) is 0 Å². The van der Waals surface area contributed by atoms with Gasteiger partial charge in [0, 0.05) is 10.7 Å². The van der Waals surface area contributed by atoms with Gasteiger partial charge in [-0.05, 0) is 48.9 Å². The molecule has 0 radical (unpaired) electrons. The molecule has 1 amide bonds. The third kappa shape index (κ3) is 4.37. The number of amides is 1. The van der Waals surface area contributed by atoms with Crippen molar-refractivity contribution in [3.63, 3.8) is 0 Å². The molecule has 3 N–H and O–H groups in total. The summed E-state index contributed by atoms with van der Waals surface area (Å²) in [5, 5.41) is 21.8. The number of hydrogen-bond donors (Lipinski definition) is 3. The minimum atomic E-state index is -1.28. The number of aromatic hydroxyl groups is 1. The van der Waals surface area contributed by atoms with Crippen molar-refractivity contribution in [2.75, 3.05) is 11.9 Å². The van der Waals surface area contributed by atoms with Gasteiger partial charge >= 0.3 is 5.97 Å². The van der Waals surface area contributed by atoms with E-state index >= 15 is 0 Å². The topological polar surface area (TPSA) is 95.9 Å². The minimum absolute atomic E-state index is 0.246. The molecule has 120 valence electrons. The number of nitrogens with one attached hydrogen (secondary N) is 1. The van der Waals surface area contributed by atoms with Crippen LogP contribution in [0.2, 0.25) is 5.02 Å². The molecule has 2 rings (SSSR count). The third-order valence-corrected chi connectivity index (χ3v) is 3.25. The van der Waals surface area contributed by atoms with Gasteiger partial charge in [0.25, 0.3) is 5.91 Å². The standard InChI is InChI=1S/C16H14ClNO5/c1-9-6-11(7-13(15(9)20)16(21)22)18-14(19)8-23-12-4-2-10(17)3-5-12/h2-7,20H,8H2,1H3,(H,18,19)(H,21,22). The Morgan fingerprint density at radius 1 is 1.22 bits per heavy atom. The summed E-state index contributed by atoms with van der Waals surface area (Å²) in [6.07, 6.45) is 0. The molecule has 23 heavy (non-hydrogen) atoms. The Labute approximate surface area is 137 Å². The first-order chi connectivity index (χ1) is 10.9. The first-order valence-electron chi connectivity index (χ1n) is 6.62. The van der Waals surface area contributed by atoms with Crippen molar-refractivity contribution in [2.45, 2.75) is 6.92 Å². The lowest BCUT2D eigenvalue weighted by atomic mass is 10.1. The summed E-state index contributed by atoms with van der Waals surface area (Å²) in [7, 11) is 0. The number of aromatic carboxylic acids is 1. The van der Waals surface area contributed by atoms with Crippen LogP contribution in [0, 0.1) is 6.92 Å². The molecular formula is C16H14ClNO5. The largest absolute Gasteiger partial charge is 0.507 e. The van der Waals surface area contributed by atoms with E-state index in [2.05, 4.69) is 5.32 Å². The number of aryl methyl sites for hydroxylation is 1. The fraction of sp³-hybridized carbons (Fsp3) is 0.125. The van der Waals surface area contributed by atoms with Crippen LogP contribution in [0.25, 0.3) is 0 Å². The Morgan fingerprint density at radius 2 is 1.87 bits per heavy atom. The number of anilines is 1. The van der Waals surface area contributed by atoms with Crippen LogP contribution in [0.15, 0.2) is 36.4 Å². The van der Waals surface area contributed by atoms with E-state index in [1.807, 2.05) is 0 Å². The lowest BCUT2D eigenvalue weighted by Crippen LogP contribution is -2.20. The van der Waals surface area contributed by atoms with Gasteiger partial charge < -0.3 is 20.3 Å². The number of carboxylic acid groups (broad SMARTS) is 1. The number of phenols is 1. The van der Waals surface area contributed by atoms with E-state index in [-0.39, 0.29) is 23.6 Å². The van der Waals surface area contributed by atoms with Gasteiger partial charge in [0.2, 0.25) is 0 Å². The summed E-state index contributed by atoms with van der Waals surface area (Å²) in [4.78, 5) is 22.9. The first kappa shape index (κ1) is 16.6. The molecule has 0 fully saturated rings. The zero-order valence-corrected chi connectivity index (χ0v) is 12.9. The van der Waals surface area contributed by atoms with Gasteiger partial charge in [0.1, 0.15) is 17.1 Å². The first-order valence-corrected chi connectivity index (χ1v) is 6.99. The van der Waals surface area contributed by atoms with E-state index in [1.54, 1.807) is 31.2 Å². The summed E-state index contributed by atoms with van der Waals surface area (Å²) >= 11 is 5.75. The number of benzene rings is 2. The van der Waals surface area contributed by atoms with E-state index in [0.29, 0.717) is 16.3 Å². The van der Waals surface area contributed by atoms with Crippen molar-refractivity contribution >= 4 is 29.2 Å². The zero-order chi connectivity index (χ0) is 17.0. The van der Waals surface area contributed by atoms with Crippen LogP contribution in [-0.2, 0) is 4.79 Å². The molecule has 0 aliphatic heterocycles. The molecule has 0 unspecified atom stereocenters. The van der Waals surface area contributed by atoms with Crippen molar-refractivity contribution < 1.29 is 24.5 Å². The predicted molar refractivity (Wildman–Crippen MR) is 85.4 cm³/mol. The van der Waals surface area contributed by atoms with Gasteiger partial charge in [0.05, 0.1) is 0 Å². The minimum Gasteiger partial charge on any atom is -0.507 e. The van der Waals surface area contributed by atoms with Gasteiger partial charge in [-0.3, -0.25) is 4.79 Å². The highest BCUT2D eigenvalue weighted by molar-refractivity contribution is 6.30. The fourth-order valence-electron chi connectivity index (χ4n) is 1.89. The Kier molecular flexibility index (Phi) is 5.08. The molecule has 0 heterocycles. The molecule has 0 spiro atoms. The number of rotatable bonds is 5. The van der Waals surface area contributed by atoms with Gasteiger partial charge in [-0.1, -0.05) is 11.6 Å². The van der Waals surface area contributed by atoms with E-state index in [9.17, 15) is 14.7 Å². The highest BCUT2D eigenvalue weighted by Crippen LogP contribution is 2.26. The van der Waals surface area contributed by atoms with Crippen LogP contribution in [0.5, 0.6) is 11.5 Å². The summed E-state index contributed by atoms with van der Waals surface area (Å²) < 4.78 is 5.29. The molecule has 0 atom stereocenters. The van der Waals surface area contributed by atoms with Crippen molar-refractivity contribution in [3.05, 3.63) is 52.5 Å². The Bertz CT molecular complexity index is 743. The normalized spacial score (nSPS) is 10.2. The molecule has 7 heteroatoms. The Balaban J connectivity index is 2.02. The quantitative estimate of drug-likeness (QED) is 0.730. The average molecular weight is 336 g/mol. The van der Waals surface area contributed by atoms with Crippen molar-refractivity contribution in [1.29, 1.82) is 0 Å². The Hall–Kier alpha value is -2.73. The molecule has 0 aliphatic rings. The summed E-state index contributed by atoms with van der Waals surface area (Å²) in [6.45, 7) is 1.30. The second-order valence-electron chi connectivity index (χ2n) is 4.79. The number of hydrogen-bond acceptors (Lipinski definition) is 4. The summed E-state index contributed by atoms with van der Waals surface area (Å²) in [5.74, 6) is -1.58. The molecule has 0 saturated heterocycles. The van der Waals surface area contributed by atoms with Gasteiger partial charge in [-0.15, -0.1) is 0 Å². The number of halogens is 1. The molecule has 2 aromatic rings. The Morgan fingerprint density at radius 3 is 2.48 bits per heavy atom. The maximum absolute atomic E-state index is 11.9. The van der Waals surface area contributed by atoms with Gasteiger partial charge in [-0.25, -0.2) is 4.79 Å². The summed E-state index contributed by atoms with van der Waals surface area (Å²) in [6, 6.07) is 9.19. The highest BCUT2D eigenvalue weighted by atomic mass is 35.5. The van der Waals surface area contributed by atoms with Crippen LogP contribution in [-0.4, -0.2) is 28.7 Å². The van der Waals surface area contributed by atoms with Crippen molar-refractivity contribution in [3.8, 4) is 11.5 Å². The lowest BCUT2D eigenvalue weighted by molar-refractivity contribution is -0.118. The maximum Gasteiger partial charge on any atom is 0.339 e. The highest BCUT2D eigenvalue weighted by Gasteiger charge is 2.14. The van der Waals surface area contributed by atoms with Crippen LogP contribution in [0.3, 0.4) is 0 Å². The molecule has 0 saturated carbocycles.